The molecule has 1 aliphatic heterocycles. The molecule has 0 aliphatic carbocycles. The fraction of sp³-hybridized carbons (Fsp3) is 0.533. The molecule has 2 unspecified atom stereocenters. The molecule has 2 atom stereocenters. The predicted octanol–water partition coefficient (Wildman–Crippen LogP) is 1.72. The van der Waals surface area contributed by atoms with Gasteiger partial charge in [0, 0.05) is 18.3 Å². The normalized spacial score (nSPS) is 19.7. The lowest BCUT2D eigenvalue weighted by atomic mass is 9.96. The molecule has 19 heavy (non-hydrogen) atoms. The van der Waals surface area contributed by atoms with E-state index in [2.05, 4.69) is 40.8 Å². The van der Waals surface area contributed by atoms with E-state index in [4.69, 9.17) is 5.73 Å². The lowest BCUT2D eigenvalue weighted by molar-refractivity contribution is -0.142. The molecule has 0 amide bonds. The number of rotatable bonds is 4. The van der Waals surface area contributed by atoms with Crippen LogP contribution in [0.2, 0.25) is 0 Å². The van der Waals surface area contributed by atoms with Crippen LogP contribution in [0, 0.1) is 0 Å². The Morgan fingerprint density at radius 1 is 1.53 bits per heavy atom. The number of nitrogens with two attached hydrogens (primary N) is 1. The van der Waals surface area contributed by atoms with E-state index in [1.165, 1.54) is 18.4 Å². The second-order valence-electron chi connectivity index (χ2n) is 5.13. The van der Waals surface area contributed by atoms with E-state index in [-0.39, 0.29) is 5.97 Å². The van der Waals surface area contributed by atoms with Crippen LogP contribution >= 0.6 is 0 Å². The number of para-hydroxylation sites is 1. The van der Waals surface area contributed by atoms with E-state index in [1.54, 1.807) is 0 Å². The summed E-state index contributed by atoms with van der Waals surface area (Å²) in [4.78, 5) is 13.7. The zero-order valence-corrected chi connectivity index (χ0v) is 11.6. The number of carbonyl (C=O) groups is 1. The zero-order chi connectivity index (χ0) is 13.8. The van der Waals surface area contributed by atoms with E-state index in [0.29, 0.717) is 12.5 Å². The largest absolute Gasteiger partial charge is 0.468 e. The van der Waals surface area contributed by atoms with Gasteiger partial charge in [0.15, 0.2) is 0 Å². The van der Waals surface area contributed by atoms with E-state index in [0.717, 1.165) is 19.4 Å². The highest BCUT2D eigenvalue weighted by Gasteiger charge is 2.24. The van der Waals surface area contributed by atoms with Gasteiger partial charge in [-0.25, -0.2) is 0 Å². The highest BCUT2D eigenvalue weighted by Crippen LogP contribution is 2.30. The van der Waals surface area contributed by atoms with Gasteiger partial charge in [-0.2, -0.15) is 0 Å². The smallest absolute Gasteiger partial charge is 0.322 e. The van der Waals surface area contributed by atoms with Crippen LogP contribution in [0.15, 0.2) is 24.3 Å². The first-order valence-electron chi connectivity index (χ1n) is 6.81. The molecule has 1 heterocycles. The summed E-state index contributed by atoms with van der Waals surface area (Å²) >= 11 is 0. The van der Waals surface area contributed by atoms with Gasteiger partial charge in [-0.15, -0.1) is 0 Å². The molecule has 2 rings (SSSR count). The molecule has 0 spiro atoms. The number of hydrogen-bond donors (Lipinski definition) is 1. The molecule has 2 N–H and O–H groups in total. The Labute approximate surface area is 114 Å². The lowest BCUT2D eigenvalue weighted by Crippen LogP contribution is -2.42. The first-order valence-corrected chi connectivity index (χ1v) is 6.81. The van der Waals surface area contributed by atoms with Gasteiger partial charge < -0.3 is 15.4 Å². The van der Waals surface area contributed by atoms with Crippen LogP contribution in [0.25, 0.3) is 0 Å². The summed E-state index contributed by atoms with van der Waals surface area (Å²) in [6.45, 7) is 3.01. The molecule has 1 aliphatic rings. The monoisotopic (exact) mass is 262 g/mol. The number of esters is 1. The van der Waals surface area contributed by atoms with Crippen molar-refractivity contribution in [2.45, 2.75) is 38.3 Å². The first-order chi connectivity index (χ1) is 9.13. The maximum atomic E-state index is 11.3. The first kappa shape index (κ1) is 13.9. The summed E-state index contributed by atoms with van der Waals surface area (Å²) in [6, 6.07) is 8.41. The summed E-state index contributed by atoms with van der Waals surface area (Å²) in [7, 11) is 1.38. The summed E-state index contributed by atoms with van der Waals surface area (Å²) < 4.78 is 4.67. The number of carbonyl (C=O) groups excluding carboxylic acids is 1. The molecule has 1 aromatic carbocycles. The number of anilines is 1. The second-order valence-corrected chi connectivity index (χ2v) is 5.13. The number of hydrogen-bond acceptors (Lipinski definition) is 4. The van der Waals surface area contributed by atoms with Crippen molar-refractivity contribution in [2.24, 2.45) is 5.73 Å². The fourth-order valence-corrected chi connectivity index (χ4v) is 2.65. The summed E-state index contributed by atoms with van der Waals surface area (Å²) in [5.74, 6) is -0.335. The minimum Gasteiger partial charge on any atom is -0.468 e. The number of ether oxygens (including phenoxy) is 1. The van der Waals surface area contributed by atoms with Crippen LogP contribution in [0.1, 0.15) is 25.3 Å². The standard InChI is InChI=1S/C15H22N2O2/c1-11-7-8-12-5-3-4-6-14(12)17(11)10-9-13(16)15(18)19-2/h3-6,11,13H,7-10,16H2,1-2H3. The highest BCUT2D eigenvalue weighted by molar-refractivity contribution is 5.75. The molecular formula is C15H22N2O2. The molecule has 0 saturated heterocycles. The Morgan fingerprint density at radius 3 is 3.00 bits per heavy atom. The van der Waals surface area contributed by atoms with Crippen LogP contribution < -0.4 is 10.6 Å². The zero-order valence-electron chi connectivity index (χ0n) is 11.6. The molecule has 4 nitrogen and oxygen atoms in total. The Kier molecular flexibility index (Phi) is 4.43. The van der Waals surface area contributed by atoms with Crippen molar-refractivity contribution in [2.75, 3.05) is 18.6 Å². The van der Waals surface area contributed by atoms with Gasteiger partial charge in [0.05, 0.1) is 7.11 Å². The van der Waals surface area contributed by atoms with Gasteiger partial charge in [-0.1, -0.05) is 18.2 Å². The molecule has 104 valence electrons. The van der Waals surface area contributed by atoms with Crippen molar-refractivity contribution >= 4 is 11.7 Å². The molecule has 0 saturated carbocycles. The molecular weight excluding hydrogens is 240 g/mol. The minimum absolute atomic E-state index is 0.335. The van der Waals surface area contributed by atoms with Gasteiger partial charge in [0.2, 0.25) is 0 Å². The van der Waals surface area contributed by atoms with E-state index in [9.17, 15) is 4.79 Å². The summed E-state index contributed by atoms with van der Waals surface area (Å²) in [6.07, 6.45) is 2.88. The maximum Gasteiger partial charge on any atom is 0.322 e. The van der Waals surface area contributed by atoms with Crippen LogP contribution in [0.3, 0.4) is 0 Å². The highest BCUT2D eigenvalue weighted by atomic mass is 16.5. The van der Waals surface area contributed by atoms with Gasteiger partial charge in [-0.3, -0.25) is 4.79 Å². The van der Waals surface area contributed by atoms with Gasteiger partial charge in [-0.05, 0) is 37.8 Å². The molecule has 0 fully saturated rings. The molecule has 0 radical (unpaired) electrons. The number of fused-ring (bicyclic) bond motifs is 1. The van der Waals surface area contributed by atoms with E-state index in [1.807, 2.05) is 0 Å². The van der Waals surface area contributed by atoms with Crippen molar-refractivity contribution in [3.05, 3.63) is 29.8 Å². The Hall–Kier alpha value is -1.55. The molecule has 1 aromatic rings. The second kappa shape index (κ2) is 6.06. The van der Waals surface area contributed by atoms with Crippen molar-refractivity contribution < 1.29 is 9.53 Å². The number of aryl methyl sites for hydroxylation is 1. The third-order valence-corrected chi connectivity index (χ3v) is 3.85. The van der Waals surface area contributed by atoms with E-state index >= 15 is 0 Å². The topological polar surface area (TPSA) is 55.6 Å². The SMILES string of the molecule is COC(=O)C(N)CCN1c2ccccc2CCC1C. The quantitative estimate of drug-likeness (QED) is 0.839. The van der Waals surface area contributed by atoms with Gasteiger partial charge >= 0.3 is 5.97 Å². The van der Waals surface area contributed by atoms with Crippen LogP contribution in [0.5, 0.6) is 0 Å². The molecule has 0 aromatic heterocycles. The van der Waals surface area contributed by atoms with Gasteiger partial charge in [0.1, 0.15) is 6.04 Å². The van der Waals surface area contributed by atoms with Crippen LogP contribution in [0.4, 0.5) is 5.69 Å². The average molecular weight is 262 g/mol. The third kappa shape index (κ3) is 3.07. The minimum atomic E-state index is -0.536. The number of nitrogens with zero attached hydrogens (tertiary/aromatic N) is 1. The Bertz CT molecular complexity index is 448. The Morgan fingerprint density at radius 2 is 2.26 bits per heavy atom. The summed E-state index contributed by atoms with van der Waals surface area (Å²) in [5, 5.41) is 0. The van der Waals surface area contributed by atoms with Crippen LogP contribution in [-0.4, -0.2) is 31.7 Å². The Balaban J connectivity index is 2.05. The molecule has 0 bridgehead atoms. The number of benzene rings is 1. The van der Waals surface area contributed by atoms with E-state index < -0.39 is 6.04 Å². The number of methoxy groups -OCH3 is 1. The van der Waals surface area contributed by atoms with Crippen molar-refractivity contribution in [3.63, 3.8) is 0 Å². The third-order valence-electron chi connectivity index (χ3n) is 3.85. The molecule has 4 heteroatoms. The van der Waals surface area contributed by atoms with Crippen molar-refractivity contribution in [1.29, 1.82) is 0 Å². The van der Waals surface area contributed by atoms with Gasteiger partial charge in [0.25, 0.3) is 0 Å². The van der Waals surface area contributed by atoms with Crippen molar-refractivity contribution in [1.82, 2.24) is 0 Å². The van der Waals surface area contributed by atoms with Crippen LogP contribution in [-0.2, 0) is 16.0 Å². The lowest BCUT2D eigenvalue weighted by Gasteiger charge is -2.37. The predicted molar refractivity (Wildman–Crippen MR) is 76.2 cm³/mol. The average Bonchev–Trinajstić information content (AvgIpc) is 2.45. The fourth-order valence-electron chi connectivity index (χ4n) is 2.65. The van der Waals surface area contributed by atoms with Crippen molar-refractivity contribution in [3.8, 4) is 0 Å². The summed E-state index contributed by atoms with van der Waals surface area (Å²) in [5.41, 5.74) is 8.47. The maximum absolute atomic E-state index is 11.3.